The van der Waals surface area contributed by atoms with Crippen LogP contribution in [0, 0.1) is 0 Å². The Bertz CT molecular complexity index is 1170. The third-order valence-corrected chi connectivity index (χ3v) is 5.08. The summed E-state index contributed by atoms with van der Waals surface area (Å²) in [5.41, 5.74) is 3.46. The second-order valence-electron chi connectivity index (χ2n) is 8.67. The maximum atomic E-state index is 13.3. The van der Waals surface area contributed by atoms with Gasteiger partial charge < -0.3 is 15.6 Å². The van der Waals surface area contributed by atoms with Crippen molar-refractivity contribution < 1.29 is 4.79 Å². The summed E-state index contributed by atoms with van der Waals surface area (Å²) in [6, 6.07) is 7.40. The van der Waals surface area contributed by atoms with Gasteiger partial charge in [-0.15, -0.1) is 0 Å². The molecule has 7 nitrogen and oxygen atoms in total. The van der Waals surface area contributed by atoms with E-state index in [-0.39, 0.29) is 23.0 Å². The van der Waals surface area contributed by atoms with Crippen LogP contribution in [0.5, 0.6) is 0 Å². The first kappa shape index (κ1) is 19.2. The highest BCUT2D eigenvalue weighted by molar-refractivity contribution is 6.01. The quantitative estimate of drug-likeness (QED) is 0.628. The SMILES string of the molecule is CCCn1c(NC(C)(C)C)nc2c(-c3cc4c([nH]3)[C@@H](C)NC4=O)cccc2c1=O. The Hall–Kier alpha value is -3.09. The van der Waals surface area contributed by atoms with E-state index in [2.05, 4.69) is 15.6 Å². The maximum absolute atomic E-state index is 13.3. The van der Waals surface area contributed by atoms with Gasteiger partial charge in [-0.25, -0.2) is 4.98 Å². The lowest BCUT2D eigenvalue weighted by molar-refractivity contribution is 0.0958. The van der Waals surface area contributed by atoms with E-state index in [0.29, 0.717) is 29.0 Å². The molecule has 1 aromatic carbocycles. The minimum Gasteiger partial charge on any atom is -0.356 e. The monoisotopic (exact) mass is 393 g/mol. The zero-order valence-corrected chi connectivity index (χ0v) is 17.5. The molecule has 29 heavy (non-hydrogen) atoms. The Morgan fingerprint density at radius 3 is 2.62 bits per heavy atom. The van der Waals surface area contributed by atoms with E-state index in [0.717, 1.165) is 23.4 Å². The molecule has 0 unspecified atom stereocenters. The highest BCUT2D eigenvalue weighted by atomic mass is 16.2. The van der Waals surface area contributed by atoms with E-state index >= 15 is 0 Å². The van der Waals surface area contributed by atoms with E-state index in [1.807, 2.05) is 58.9 Å². The Balaban J connectivity index is 1.95. The Labute approximate surface area is 169 Å². The molecule has 0 fully saturated rings. The molecule has 0 aliphatic carbocycles. The van der Waals surface area contributed by atoms with Gasteiger partial charge in [0.1, 0.15) is 0 Å². The van der Waals surface area contributed by atoms with Crippen molar-refractivity contribution in [1.82, 2.24) is 19.9 Å². The van der Waals surface area contributed by atoms with Crippen LogP contribution in [-0.4, -0.2) is 26.0 Å². The van der Waals surface area contributed by atoms with Crippen molar-refractivity contribution in [3.8, 4) is 11.3 Å². The molecule has 3 aromatic rings. The molecule has 7 heteroatoms. The van der Waals surface area contributed by atoms with Crippen LogP contribution in [0.25, 0.3) is 22.2 Å². The number of rotatable bonds is 4. The van der Waals surface area contributed by atoms with Gasteiger partial charge in [0.25, 0.3) is 11.5 Å². The molecular formula is C22H27N5O2. The van der Waals surface area contributed by atoms with Gasteiger partial charge in [0.2, 0.25) is 5.95 Å². The summed E-state index contributed by atoms with van der Waals surface area (Å²) >= 11 is 0. The fraction of sp³-hybridized carbons (Fsp3) is 0.409. The summed E-state index contributed by atoms with van der Waals surface area (Å²) < 4.78 is 1.71. The van der Waals surface area contributed by atoms with Gasteiger partial charge in [-0.1, -0.05) is 19.1 Å². The number of nitrogens with one attached hydrogen (secondary N) is 3. The molecule has 1 atom stereocenters. The molecule has 1 aliphatic heterocycles. The van der Waals surface area contributed by atoms with Crippen LogP contribution in [0.4, 0.5) is 5.95 Å². The van der Waals surface area contributed by atoms with Gasteiger partial charge in [-0.05, 0) is 46.2 Å². The number of hydrogen-bond acceptors (Lipinski definition) is 4. The molecule has 0 radical (unpaired) electrons. The number of benzene rings is 1. The summed E-state index contributed by atoms with van der Waals surface area (Å²) in [6.07, 6.45) is 0.835. The molecule has 3 N–H and O–H groups in total. The van der Waals surface area contributed by atoms with Crippen LogP contribution in [-0.2, 0) is 6.54 Å². The van der Waals surface area contributed by atoms with Crippen LogP contribution in [0.1, 0.15) is 63.1 Å². The molecule has 0 saturated carbocycles. The minimum absolute atomic E-state index is 0.0596. The molecule has 2 aromatic heterocycles. The van der Waals surface area contributed by atoms with Gasteiger partial charge in [0, 0.05) is 23.3 Å². The predicted molar refractivity (Wildman–Crippen MR) is 115 cm³/mol. The number of para-hydroxylation sites is 1. The fourth-order valence-electron chi connectivity index (χ4n) is 3.82. The Morgan fingerprint density at radius 1 is 1.21 bits per heavy atom. The molecule has 1 aliphatic rings. The Morgan fingerprint density at radius 2 is 1.97 bits per heavy atom. The standard InChI is InChI=1S/C22H27N5O2/c1-6-10-27-20(29)14-9-7-8-13(18(14)25-21(27)26-22(3,4)5)16-11-15-17(24-16)12(2)23-19(15)28/h7-9,11-12,24H,6,10H2,1-5H3,(H,23,28)(H,25,26)/t12-/m1/s1. The molecule has 152 valence electrons. The smallest absolute Gasteiger partial charge is 0.262 e. The maximum Gasteiger partial charge on any atom is 0.262 e. The second kappa shape index (κ2) is 6.76. The average molecular weight is 393 g/mol. The number of nitrogens with zero attached hydrogens (tertiary/aromatic N) is 2. The summed E-state index contributed by atoms with van der Waals surface area (Å²) in [5.74, 6) is 0.484. The van der Waals surface area contributed by atoms with Crippen molar-refractivity contribution in [1.29, 1.82) is 0 Å². The van der Waals surface area contributed by atoms with E-state index in [4.69, 9.17) is 4.98 Å². The summed E-state index contributed by atoms with van der Waals surface area (Å²) in [6.45, 7) is 10.7. The van der Waals surface area contributed by atoms with Crippen molar-refractivity contribution in [3.63, 3.8) is 0 Å². The molecule has 3 heterocycles. The lowest BCUT2D eigenvalue weighted by Gasteiger charge is -2.24. The molecule has 0 spiro atoms. The van der Waals surface area contributed by atoms with Crippen LogP contribution >= 0.6 is 0 Å². The zero-order valence-electron chi connectivity index (χ0n) is 17.5. The second-order valence-corrected chi connectivity index (χ2v) is 8.67. The predicted octanol–water partition coefficient (Wildman–Crippen LogP) is 3.82. The highest BCUT2D eigenvalue weighted by Crippen LogP contribution is 2.32. The molecular weight excluding hydrogens is 366 g/mol. The van der Waals surface area contributed by atoms with Gasteiger partial charge in [-0.2, -0.15) is 0 Å². The normalized spacial score (nSPS) is 16.2. The zero-order chi connectivity index (χ0) is 20.9. The first-order valence-corrected chi connectivity index (χ1v) is 10.1. The van der Waals surface area contributed by atoms with E-state index in [1.54, 1.807) is 4.57 Å². The van der Waals surface area contributed by atoms with E-state index in [9.17, 15) is 9.59 Å². The van der Waals surface area contributed by atoms with Gasteiger partial charge in [0.05, 0.1) is 28.2 Å². The number of H-pyrrole nitrogens is 1. The van der Waals surface area contributed by atoms with Crippen LogP contribution in [0.3, 0.4) is 0 Å². The summed E-state index contributed by atoms with van der Waals surface area (Å²) in [7, 11) is 0. The lowest BCUT2D eigenvalue weighted by atomic mass is 10.1. The molecule has 1 amide bonds. The third-order valence-electron chi connectivity index (χ3n) is 5.08. The van der Waals surface area contributed by atoms with Crippen LogP contribution in [0.2, 0.25) is 0 Å². The van der Waals surface area contributed by atoms with Crippen molar-refractivity contribution in [3.05, 3.63) is 45.9 Å². The fourth-order valence-corrected chi connectivity index (χ4v) is 3.82. The molecule has 0 bridgehead atoms. The number of amides is 1. The Kier molecular flexibility index (Phi) is 4.48. The number of anilines is 1. The first-order chi connectivity index (χ1) is 13.7. The first-order valence-electron chi connectivity index (χ1n) is 10.1. The van der Waals surface area contributed by atoms with Gasteiger partial charge in [-0.3, -0.25) is 14.2 Å². The lowest BCUT2D eigenvalue weighted by Crippen LogP contribution is -2.33. The number of aromatic nitrogens is 3. The van der Waals surface area contributed by atoms with Crippen LogP contribution < -0.4 is 16.2 Å². The van der Waals surface area contributed by atoms with Crippen molar-refractivity contribution in [2.45, 2.75) is 59.2 Å². The number of aromatic amines is 1. The van der Waals surface area contributed by atoms with Crippen molar-refractivity contribution >= 4 is 22.8 Å². The van der Waals surface area contributed by atoms with E-state index in [1.165, 1.54) is 0 Å². The topological polar surface area (TPSA) is 91.8 Å². The van der Waals surface area contributed by atoms with Gasteiger partial charge >= 0.3 is 0 Å². The van der Waals surface area contributed by atoms with Crippen molar-refractivity contribution in [2.75, 3.05) is 5.32 Å². The molecule has 4 rings (SSSR count). The van der Waals surface area contributed by atoms with Crippen molar-refractivity contribution in [2.24, 2.45) is 0 Å². The average Bonchev–Trinajstić information content (AvgIpc) is 3.18. The van der Waals surface area contributed by atoms with Crippen LogP contribution in [0.15, 0.2) is 29.1 Å². The van der Waals surface area contributed by atoms with E-state index < -0.39 is 0 Å². The largest absolute Gasteiger partial charge is 0.356 e. The number of hydrogen-bond donors (Lipinski definition) is 3. The number of carbonyl (C=O) groups is 1. The van der Waals surface area contributed by atoms with Gasteiger partial charge in [0.15, 0.2) is 0 Å². The third kappa shape index (κ3) is 3.30. The summed E-state index contributed by atoms with van der Waals surface area (Å²) in [4.78, 5) is 33.6. The highest BCUT2D eigenvalue weighted by Gasteiger charge is 2.28. The molecule has 0 saturated heterocycles. The summed E-state index contributed by atoms with van der Waals surface area (Å²) in [5, 5.41) is 6.84. The minimum atomic E-state index is -0.237. The number of carbonyl (C=O) groups excluding carboxylic acids is 1. The number of fused-ring (bicyclic) bond motifs is 2.